The molecule has 1 fully saturated rings. The van der Waals surface area contributed by atoms with Gasteiger partial charge in [0.1, 0.15) is 5.75 Å². The van der Waals surface area contributed by atoms with Gasteiger partial charge in [-0.1, -0.05) is 5.21 Å². The Balaban J connectivity index is 1.57. The average Bonchev–Trinajstić information content (AvgIpc) is 3.19. The first-order chi connectivity index (χ1) is 12.8. The number of nitrogens with zero attached hydrogens (tertiary/aromatic N) is 4. The molecule has 0 unspecified atom stereocenters. The van der Waals surface area contributed by atoms with E-state index >= 15 is 0 Å². The second-order valence-corrected chi connectivity index (χ2v) is 6.12. The number of pyridine rings is 1. The SMILES string of the molecule is COc1ccc(NC(=O)c2cn(C3CCOCC3)nn2)c2cnccc12. The molecule has 0 spiro atoms. The van der Waals surface area contributed by atoms with Crippen molar-refractivity contribution < 1.29 is 14.3 Å². The van der Waals surface area contributed by atoms with Crippen molar-refractivity contribution in [2.75, 3.05) is 25.6 Å². The number of hydrogen-bond donors (Lipinski definition) is 1. The molecule has 0 saturated carbocycles. The van der Waals surface area contributed by atoms with Gasteiger partial charge in [-0.05, 0) is 31.0 Å². The number of anilines is 1. The minimum atomic E-state index is -0.307. The minimum Gasteiger partial charge on any atom is -0.496 e. The average molecular weight is 353 g/mol. The molecule has 8 nitrogen and oxygen atoms in total. The number of amides is 1. The predicted molar refractivity (Wildman–Crippen MR) is 95.4 cm³/mol. The van der Waals surface area contributed by atoms with E-state index in [0.717, 1.165) is 29.4 Å². The summed E-state index contributed by atoms with van der Waals surface area (Å²) in [6.45, 7) is 1.41. The summed E-state index contributed by atoms with van der Waals surface area (Å²) < 4.78 is 12.5. The Labute approximate surface area is 150 Å². The predicted octanol–water partition coefficient (Wildman–Crippen LogP) is 2.44. The molecule has 0 atom stereocenters. The summed E-state index contributed by atoms with van der Waals surface area (Å²) >= 11 is 0. The molecule has 1 aromatic carbocycles. The van der Waals surface area contributed by atoms with Gasteiger partial charge in [-0.25, -0.2) is 4.68 Å². The quantitative estimate of drug-likeness (QED) is 0.775. The zero-order valence-electron chi connectivity index (χ0n) is 14.4. The summed E-state index contributed by atoms with van der Waals surface area (Å²) in [4.78, 5) is 16.7. The number of fused-ring (bicyclic) bond motifs is 1. The van der Waals surface area contributed by atoms with Crippen molar-refractivity contribution in [2.24, 2.45) is 0 Å². The van der Waals surface area contributed by atoms with Gasteiger partial charge in [0.15, 0.2) is 5.69 Å². The lowest BCUT2D eigenvalue weighted by atomic mass is 10.1. The number of nitrogens with one attached hydrogen (secondary N) is 1. The number of rotatable bonds is 4. The third kappa shape index (κ3) is 3.11. The van der Waals surface area contributed by atoms with Gasteiger partial charge in [-0.15, -0.1) is 5.10 Å². The molecule has 1 saturated heterocycles. The molecule has 1 aliphatic rings. The highest BCUT2D eigenvalue weighted by Crippen LogP contribution is 2.31. The highest BCUT2D eigenvalue weighted by Gasteiger charge is 2.20. The summed E-state index contributed by atoms with van der Waals surface area (Å²) in [6.07, 6.45) is 6.83. The Morgan fingerprint density at radius 1 is 1.27 bits per heavy atom. The van der Waals surface area contributed by atoms with Gasteiger partial charge in [-0.2, -0.15) is 0 Å². The topological polar surface area (TPSA) is 91.2 Å². The lowest BCUT2D eigenvalue weighted by Gasteiger charge is -2.21. The molecule has 3 aromatic rings. The van der Waals surface area contributed by atoms with E-state index in [1.54, 1.807) is 36.4 Å². The molecule has 0 bridgehead atoms. The fourth-order valence-electron chi connectivity index (χ4n) is 3.14. The molecule has 4 rings (SSSR count). The largest absolute Gasteiger partial charge is 0.496 e. The molecular weight excluding hydrogens is 334 g/mol. The van der Waals surface area contributed by atoms with Crippen molar-refractivity contribution >= 4 is 22.4 Å². The lowest BCUT2D eigenvalue weighted by molar-refractivity contribution is 0.0657. The van der Waals surface area contributed by atoms with Crippen LogP contribution in [0.1, 0.15) is 29.4 Å². The van der Waals surface area contributed by atoms with E-state index in [2.05, 4.69) is 20.6 Å². The van der Waals surface area contributed by atoms with Gasteiger partial charge in [-0.3, -0.25) is 9.78 Å². The summed E-state index contributed by atoms with van der Waals surface area (Å²) in [5.74, 6) is 0.421. The number of carbonyl (C=O) groups is 1. The highest BCUT2D eigenvalue weighted by molar-refractivity contribution is 6.08. The fourth-order valence-corrected chi connectivity index (χ4v) is 3.14. The molecule has 8 heteroatoms. The van der Waals surface area contributed by atoms with Crippen LogP contribution < -0.4 is 10.1 Å². The molecule has 2 aromatic heterocycles. The Bertz CT molecular complexity index is 933. The molecular formula is C18H19N5O3. The summed E-state index contributed by atoms with van der Waals surface area (Å²) in [6, 6.07) is 5.69. The molecule has 3 heterocycles. The van der Waals surface area contributed by atoms with Crippen LogP contribution in [0.25, 0.3) is 10.8 Å². The first-order valence-corrected chi connectivity index (χ1v) is 8.48. The molecule has 0 aliphatic carbocycles. The van der Waals surface area contributed by atoms with Gasteiger partial charge in [0, 0.05) is 36.4 Å². The molecule has 1 N–H and O–H groups in total. The van der Waals surface area contributed by atoms with Gasteiger partial charge in [0.2, 0.25) is 0 Å². The van der Waals surface area contributed by atoms with Crippen LogP contribution in [-0.2, 0) is 4.74 Å². The highest BCUT2D eigenvalue weighted by atomic mass is 16.5. The monoisotopic (exact) mass is 353 g/mol. The molecule has 26 heavy (non-hydrogen) atoms. The third-order valence-electron chi connectivity index (χ3n) is 4.55. The Morgan fingerprint density at radius 3 is 2.92 bits per heavy atom. The number of carbonyl (C=O) groups excluding carboxylic acids is 1. The standard InChI is InChI=1S/C18H19N5O3/c1-25-17-3-2-15(14-10-19-7-4-13(14)17)20-18(24)16-11-23(22-21-16)12-5-8-26-9-6-12/h2-4,7,10-12H,5-6,8-9H2,1H3,(H,20,24). The van der Waals surface area contributed by atoms with E-state index in [1.165, 1.54) is 0 Å². The Kier molecular flexibility index (Phi) is 4.49. The van der Waals surface area contributed by atoms with Crippen LogP contribution >= 0.6 is 0 Å². The van der Waals surface area contributed by atoms with Crippen LogP contribution in [0.15, 0.2) is 36.8 Å². The zero-order chi connectivity index (χ0) is 17.9. The van der Waals surface area contributed by atoms with E-state index < -0.39 is 0 Å². The smallest absolute Gasteiger partial charge is 0.277 e. The Hall–Kier alpha value is -3.00. The second-order valence-electron chi connectivity index (χ2n) is 6.12. The number of aromatic nitrogens is 4. The summed E-state index contributed by atoms with van der Waals surface area (Å²) in [5.41, 5.74) is 0.934. The molecule has 1 aliphatic heterocycles. The normalized spacial score (nSPS) is 15.1. The number of ether oxygens (including phenoxy) is 2. The third-order valence-corrected chi connectivity index (χ3v) is 4.55. The van der Waals surface area contributed by atoms with Crippen LogP contribution in [0, 0.1) is 0 Å². The van der Waals surface area contributed by atoms with E-state index in [9.17, 15) is 4.79 Å². The first-order valence-electron chi connectivity index (χ1n) is 8.48. The van der Waals surface area contributed by atoms with Crippen molar-refractivity contribution in [1.82, 2.24) is 20.0 Å². The number of benzene rings is 1. The van der Waals surface area contributed by atoms with Crippen LogP contribution in [0.3, 0.4) is 0 Å². The Morgan fingerprint density at radius 2 is 2.12 bits per heavy atom. The molecule has 134 valence electrons. The van der Waals surface area contributed by atoms with Crippen molar-refractivity contribution in [3.8, 4) is 5.75 Å². The van der Waals surface area contributed by atoms with E-state index in [-0.39, 0.29) is 17.6 Å². The van der Waals surface area contributed by atoms with Crippen LogP contribution in [-0.4, -0.2) is 46.2 Å². The first kappa shape index (κ1) is 16.5. The van der Waals surface area contributed by atoms with Gasteiger partial charge >= 0.3 is 0 Å². The van der Waals surface area contributed by atoms with Gasteiger partial charge in [0.25, 0.3) is 5.91 Å². The second kappa shape index (κ2) is 7.09. The van der Waals surface area contributed by atoms with E-state index in [0.29, 0.717) is 18.9 Å². The van der Waals surface area contributed by atoms with Crippen LogP contribution in [0.2, 0.25) is 0 Å². The summed E-state index contributed by atoms with van der Waals surface area (Å²) in [5, 5.41) is 12.7. The molecule has 0 radical (unpaired) electrons. The minimum absolute atomic E-state index is 0.226. The summed E-state index contributed by atoms with van der Waals surface area (Å²) in [7, 11) is 1.61. The van der Waals surface area contributed by atoms with Crippen molar-refractivity contribution in [3.05, 3.63) is 42.5 Å². The zero-order valence-corrected chi connectivity index (χ0v) is 14.4. The van der Waals surface area contributed by atoms with Crippen LogP contribution in [0.5, 0.6) is 5.75 Å². The maximum absolute atomic E-state index is 12.6. The van der Waals surface area contributed by atoms with E-state index in [4.69, 9.17) is 9.47 Å². The molecule has 1 amide bonds. The fraction of sp³-hybridized carbons (Fsp3) is 0.333. The van der Waals surface area contributed by atoms with Gasteiger partial charge < -0.3 is 14.8 Å². The van der Waals surface area contributed by atoms with Crippen molar-refractivity contribution in [2.45, 2.75) is 18.9 Å². The maximum Gasteiger partial charge on any atom is 0.277 e. The van der Waals surface area contributed by atoms with Gasteiger partial charge in [0.05, 0.1) is 25.0 Å². The lowest BCUT2D eigenvalue weighted by Crippen LogP contribution is -2.20. The number of methoxy groups -OCH3 is 1. The number of hydrogen-bond acceptors (Lipinski definition) is 6. The maximum atomic E-state index is 12.6. The van der Waals surface area contributed by atoms with Crippen molar-refractivity contribution in [1.29, 1.82) is 0 Å². The van der Waals surface area contributed by atoms with Crippen molar-refractivity contribution in [3.63, 3.8) is 0 Å². The van der Waals surface area contributed by atoms with E-state index in [1.807, 2.05) is 12.1 Å². The van der Waals surface area contributed by atoms with Crippen LogP contribution in [0.4, 0.5) is 5.69 Å².